The van der Waals surface area contributed by atoms with Crippen LogP contribution in [0.3, 0.4) is 0 Å². The van der Waals surface area contributed by atoms with E-state index in [1.165, 1.54) is 7.11 Å². The highest BCUT2D eigenvalue weighted by Crippen LogP contribution is 2.23. The van der Waals surface area contributed by atoms with Gasteiger partial charge in [0.1, 0.15) is 13.2 Å². The van der Waals surface area contributed by atoms with E-state index in [0.717, 1.165) is 0 Å². The zero-order chi connectivity index (χ0) is 15.2. The van der Waals surface area contributed by atoms with Gasteiger partial charge < -0.3 is 19.7 Å². The third-order valence-corrected chi connectivity index (χ3v) is 2.35. The molecule has 1 unspecified atom stereocenters. The molecule has 10 heteroatoms. The van der Waals surface area contributed by atoms with E-state index in [9.17, 15) is 17.6 Å². The highest BCUT2D eigenvalue weighted by Gasteiger charge is 2.41. The third-order valence-electron chi connectivity index (χ3n) is 2.35. The van der Waals surface area contributed by atoms with Gasteiger partial charge in [0.05, 0.1) is 12.5 Å². The predicted octanol–water partition coefficient (Wildman–Crippen LogP) is 1.00. The summed E-state index contributed by atoms with van der Waals surface area (Å²) in [5, 5.41) is 3.46. The largest absolute Gasteiger partial charge is 0.380 e. The summed E-state index contributed by atoms with van der Waals surface area (Å²) in [5.41, 5.74) is 5.40. The Morgan fingerprint density at radius 3 is 2.65 bits per heavy atom. The molecule has 116 valence electrons. The minimum absolute atomic E-state index is 0.0167. The lowest BCUT2D eigenvalue weighted by molar-refractivity contribution is -0.168. The van der Waals surface area contributed by atoms with E-state index < -0.39 is 25.6 Å². The van der Waals surface area contributed by atoms with E-state index in [0.29, 0.717) is 0 Å². The SMILES string of the molecule is COC(CN)Cc1nc(COCC(F)(F)C(F)F)no1. The van der Waals surface area contributed by atoms with Crippen LogP contribution in [0, 0.1) is 0 Å². The zero-order valence-corrected chi connectivity index (χ0v) is 10.7. The van der Waals surface area contributed by atoms with Crippen molar-refractivity contribution < 1.29 is 31.6 Å². The monoisotopic (exact) mass is 301 g/mol. The molecule has 0 aliphatic carbocycles. The maximum Gasteiger partial charge on any atom is 0.330 e. The van der Waals surface area contributed by atoms with Crippen molar-refractivity contribution in [2.75, 3.05) is 20.3 Å². The number of hydrogen-bond donors (Lipinski definition) is 1. The molecule has 0 radical (unpaired) electrons. The summed E-state index contributed by atoms with van der Waals surface area (Å²) in [4.78, 5) is 3.84. The Hall–Kier alpha value is -1.26. The molecular weight excluding hydrogens is 286 g/mol. The Kier molecular flexibility index (Phi) is 6.30. The zero-order valence-electron chi connectivity index (χ0n) is 10.7. The van der Waals surface area contributed by atoms with Crippen molar-refractivity contribution in [1.29, 1.82) is 0 Å². The van der Waals surface area contributed by atoms with Gasteiger partial charge >= 0.3 is 12.3 Å². The van der Waals surface area contributed by atoms with Crippen molar-refractivity contribution in [1.82, 2.24) is 10.1 Å². The van der Waals surface area contributed by atoms with E-state index in [-0.39, 0.29) is 30.8 Å². The van der Waals surface area contributed by atoms with Crippen LogP contribution in [0.5, 0.6) is 0 Å². The third kappa shape index (κ3) is 5.02. The van der Waals surface area contributed by atoms with E-state index >= 15 is 0 Å². The molecule has 1 rings (SSSR count). The number of rotatable bonds is 9. The average molecular weight is 301 g/mol. The van der Waals surface area contributed by atoms with Gasteiger partial charge in [-0.3, -0.25) is 0 Å². The predicted molar refractivity (Wildman–Crippen MR) is 58.5 cm³/mol. The van der Waals surface area contributed by atoms with Crippen LogP contribution in [0.25, 0.3) is 0 Å². The molecule has 0 saturated carbocycles. The maximum atomic E-state index is 12.5. The van der Waals surface area contributed by atoms with E-state index in [2.05, 4.69) is 14.9 Å². The Labute approximate surface area is 112 Å². The molecule has 0 aliphatic heterocycles. The van der Waals surface area contributed by atoms with Crippen molar-refractivity contribution in [2.24, 2.45) is 5.73 Å². The number of alkyl halides is 4. The number of hydrogen-bond acceptors (Lipinski definition) is 6. The van der Waals surface area contributed by atoms with Crippen molar-refractivity contribution in [3.63, 3.8) is 0 Å². The molecule has 0 bridgehead atoms. The van der Waals surface area contributed by atoms with Gasteiger partial charge in [-0.2, -0.15) is 13.8 Å². The fraction of sp³-hybridized carbons (Fsp3) is 0.800. The molecule has 0 saturated heterocycles. The van der Waals surface area contributed by atoms with Gasteiger partial charge in [0.25, 0.3) is 0 Å². The lowest BCUT2D eigenvalue weighted by Crippen LogP contribution is -2.32. The van der Waals surface area contributed by atoms with Crippen LogP contribution in [-0.4, -0.2) is 48.9 Å². The lowest BCUT2D eigenvalue weighted by atomic mass is 10.2. The molecular formula is C10H15F4N3O3. The Bertz CT molecular complexity index is 399. The minimum atomic E-state index is -4.20. The normalized spacial score (nSPS) is 13.9. The molecule has 0 spiro atoms. The average Bonchev–Trinajstić information content (AvgIpc) is 2.83. The van der Waals surface area contributed by atoms with Crippen molar-refractivity contribution in [2.45, 2.75) is 31.5 Å². The Balaban J connectivity index is 2.41. The van der Waals surface area contributed by atoms with Crippen molar-refractivity contribution in [3.05, 3.63) is 11.7 Å². The second kappa shape index (κ2) is 7.50. The van der Waals surface area contributed by atoms with Crippen molar-refractivity contribution in [3.8, 4) is 0 Å². The van der Waals surface area contributed by atoms with Gasteiger partial charge in [-0.25, -0.2) is 8.78 Å². The van der Waals surface area contributed by atoms with E-state index in [1.807, 2.05) is 0 Å². The molecule has 0 fully saturated rings. The molecule has 1 aromatic heterocycles. The van der Waals surface area contributed by atoms with Gasteiger partial charge in [0.15, 0.2) is 5.82 Å². The van der Waals surface area contributed by atoms with Crippen LogP contribution in [0.4, 0.5) is 17.6 Å². The quantitative estimate of drug-likeness (QED) is 0.685. The summed E-state index contributed by atoms with van der Waals surface area (Å²) in [6.07, 6.45) is -3.84. The Morgan fingerprint density at radius 2 is 2.10 bits per heavy atom. The molecule has 1 heterocycles. The summed E-state index contributed by atoms with van der Waals surface area (Å²) in [6.45, 7) is -1.63. The summed E-state index contributed by atoms with van der Waals surface area (Å²) in [6, 6.07) is 0. The summed E-state index contributed by atoms with van der Waals surface area (Å²) in [5.74, 6) is -4.02. The van der Waals surface area contributed by atoms with E-state index in [1.54, 1.807) is 0 Å². The first kappa shape index (κ1) is 16.8. The van der Waals surface area contributed by atoms with Crippen LogP contribution in [-0.2, 0) is 22.5 Å². The van der Waals surface area contributed by atoms with Crippen LogP contribution >= 0.6 is 0 Å². The molecule has 2 N–H and O–H groups in total. The van der Waals surface area contributed by atoms with Crippen LogP contribution in [0.1, 0.15) is 11.7 Å². The molecule has 1 atom stereocenters. The topological polar surface area (TPSA) is 83.4 Å². The van der Waals surface area contributed by atoms with Crippen LogP contribution < -0.4 is 5.73 Å². The highest BCUT2D eigenvalue weighted by molar-refractivity contribution is 4.87. The molecule has 6 nitrogen and oxygen atoms in total. The molecule has 0 amide bonds. The number of nitrogens with zero attached hydrogens (tertiary/aromatic N) is 2. The maximum absolute atomic E-state index is 12.5. The first-order valence-electron chi connectivity index (χ1n) is 5.67. The smallest absolute Gasteiger partial charge is 0.330 e. The molecule has 0 aromatic carbocycles. The molecule has 1 aromatic rings. The molecule has 0 aliphatic rings. The number of nitrogens with two attached hydrogens (primary N) is 1. The first-order valence-corrected chi connectivity index (χ1v) is 5.67. The van der Waals surface area contributed by atoms with Gasteiger partial charge in [0.2, 0.25) is 5.89 Å². The van der Waals surface area contributed by atoms with Gasteiger partial charge in [-0.1, -0.05) is 5.16 Å². The standard InChI is InChI=1S/C10H15F4N3O3/c1-18-6(3-15)2-8-16-7(17-20-8)4-19-5-10(13,14)9(11)12/h6,9H,2-5,15H2,1H3. The number of methoxy groups -OCH3 is 1. The highest BCUT2D eigenvalue weighted by atomic mass is 19.3. The van der Waals surface area contributed by atoms with Crippen LogP contribution in [0.15, 0.2) is 4.52 Å². The fourth-order valence-electron chi connectivity index (χ4n) is 1.23. The van der Waals surface area contributed by atoms with Crippen LogP contribution in [0.2, 0.25) is 0 Å². The van der Waals surface area contributed by atoms with Gasteiger partial charge in [-0.05, 0) is 0 Å². The van der Waals surface area contributed by atoms with E-state index in [4.69, 9.17) is 15.0 Å². The summed E-state index contributed by atoms with van der Waals surface area (Å²) >= 11 is 0. The summed E-state index contributed by atoms with van der Waals surface area (Å²) in [7, 11) is 1.46. The fourth-order valence-corrected chi connectivity index (χ4v) is 1.23. The van der Waals surface area contributed by atoms with Crippen molar-refractivity contribution >= 4 is 0 Å². The number of aromatic nitrogens is 2. The number of ether oxygens (including phenoxy) is 2. The number of halogens is 4. The summed E-state index contributed by atoms with van der Waals surface area (Å²) < 4.78 is 63.1. The minimum Gasteiger partial charge on any atom is -0.380 e. The van der Waals surface area contributed by atoms with Gasteiger partial charge in [-0.15, -0.1) is 0 Å². The second-order valence-corrected chi connectivity index (χ2v) is 3.96. The first-order chi connectivity index (χ1) is 9.39. The lowest BCUT2D eigenvalue weighted by Gasteiger charge is -2.14. The van der Waals surface area contributed by atoms with Gasteiger partial charge in [0, 0.05) is 13.7 Å². The Morgan fingerprint density at radius 1 is 1.40 bits per heavy atom. The molecule has 20 heavy (non-hydrogen) atoms. The second-order valence-electron chi connectivity index (χ2n) is 3.96.